The molecule has 1 aromatic carbocycles. The molecule has 1 aromatic rings. The van der Waals surface area contributed by atoms with Gasteiger partial charge in [-0.05, 0) is 60.8 Å². The molecule has 0 saturated heterocycles. The molecule has 0 bridgehead atoms. The molecule has 1 aliphatic rings. The minimum Gasteiger partial charge on any atom is -0.127 e. The highest BCUT2D eigenvalue weighted by Crippen LogP contribution is 2.33. The van der Waals surface area contributed by atoms with Gasteiger partial charge < -0.3 is 0 Å². The summed E-state index contributed by atoms with van der Waals surface area (Å²) >= 11 is 12.1. The quantitative estimate of drug-likeness (QED) is 0.672. The van der Waals surface area contributed by atoms with Crippen molar-refractivity contribution in [2.24, 2.45) is 0 Å². The number of rotatable bonds is 3. The second-order valence-corrected chi connectivity index (χ2v) is 5.51. The maximum Gasteiger partial charge on any atom is 0.0443 e. The van der Waals surface area contributed by atoms with Gasteiger partial charge in [-0.3, -0.25) is 0 Å². The highest BCUT2D eigenvalue weighted by atomic mass is 35.5. The van der Waals surface area contributed by atoms with Gasteiger partial charge >= 0.3 is 0 Å². The summed E-state index contributed by atoms with van der Waals surface area (Å²) in [6.45, 7) is 2.21. The van der Waals surface area contributed by atoms with Crippen LogP contribution in [0.4, 0.5) is 0 Å². The van der Waals surface area contributed by atoms with Crippen LogP contribution in [0, 0.1) is 0 Å². The normalized spacial score (nSPS) is 16.9. The molecule has 16 heavy (non-hydrogen) atoms. The van der Waals surface area contributed by atoms with Gasteiger partial charge in [-0.2, -0.15) is 0 Å². The van der Waals surface area contributed by atoms with E-state index in [0.29, 0.717) is 11.8 Å². The highest BCUT2D eigenvalue weighted by Gasteiger charge is 2.15. The predicted octanol–water partition coefficient (Wildman–Crippen LogP) is 4.95. The molecule has 88 valence electrons. The van der Waals surface area contributed by atoms with Crippen molar-refractivity contribution in [1.29, 1.82) is 0 Å². The third-order valence-electron chi connectivity index (χ3n) is 3.53. The van der Waals surface area contributed by atoms with E-state index in [1.165, 1.54) is 42.4 Å². The number of hydrogen-bond donors (Lipinski definition) is 0. The second kappa shape index (κ2) is 5.42. The van der Waals surface area contributed by atoms with E-state index >= 15 is 0 Å². The van der Waals surface area contributed by atoms with E-state index in [1.807, 2.05) is 0 Å². The molecule has 1 unspecified atom stereocenters. The molecule has 1 atom stereocenters. The number of benzene rings is 1. The molecule has 0 fully saturated rings. The summed E-state index contributed by atoms with van der Waals surface area (Å²) in [5, 5.41) is 0.929. The molecule has 1 aliphatic carbocycles. The van der Waals surface area contributed by atoms with Gasteiger partial charge in [-0.1, -0.05) is 24.6 Å². The zero-order valence-electron chi connectivity index (χ0n) is 9.73. The Balaban J connectivity index is 2.31. The summed E-state index contributed by atoms with van der Waals surface area (Å²) in [4.78, 5) is 0. The smallest absolute Gasteiger partial charge is 0.0443 e. The van der Waals surface area contributed by atoms with Crippen LogP contribution in [0.15, 0.2) is 12.1 Å². The maximum atomic E-state index is 6.35. The molecule has 0 aromatic heterocycles. The molecule has 0 N–H and O–H groups in total. The van der Waals surface area contributed by atoms with Crippen LogP contribution in [0.5, 0.6) is 0 Å². The standard InChI is InChI=1S/C14H18Cl2/c1-10(6-7-15)13-8-11-4-2-3-5-12(11)9-14(13)16/h8-10H,2-7H2,1H3. The third kappa shape index (κ3) is 2.55. The van der Waals surface area contributed by atoms with Gasteiger partial charge in [0.05, 0.1) is 0 Å². The Morgan fingerprint density at radius 2 is 1.81 bits per heavy atom. The van der Waals surface area contributed by atoms with E-state index in [2.05, 4.69) is 19.1 Å². The lowest BCUT2D eigenvalue weighted by atomic mass is 9.87. The Morgan fingerprint density at radius 3 is 2.44 bits per heavy atom. The molecule has 2 rings (SSSR count). The van der Waals surface area contributed by atoms with Crippen LogP contribution >= 0.6 is 23.2 Å². The fourth-order valence-corrected chi connectivity index (χ4v) is 3.17. The average Bonchev–Trinajstić information content (AvgIpc) is 2.28. The fraction of sp³-hybridized carbons (Fsp3) is 0.571. The summed E-state index contributed by atoms with van der Waals surface area (Å²) in [6.07, 6.45) is 6.03. The molecule has 0 nitrogen and oxygen atoms in total. The fourth-order valence-electron chi connectivity index (χ4n) is 2.47. The Hall–Kier alpha value is -0.200. The topological polar surface area (TPSA) is 0 Å². The Labute approximate surface area is 108 Å². The van der Waals surface area contributed by atoms with E-state index in [4.69, 9.17) is 23.2 Å². The van der Waals surface area contributed by atoms with Crippen LogP contribution in [0.2, 0.25) is 5.02 Å². The molecular weight excluding hydrogens is 239 g/mol. The minimum absolute atomic E-state index is 0.470. The van der Waals surface area contributed by atoms with Crippen molar-refractivity contribution < 1.29 is 0 Å². The molecule has 0 amide bonds. The first-order valence-electron chi connectivity index (χ1n) is 6.09. The molecule has 0 saturated carbocycles. The second-order valence-electron chi connectivity index (χ2n) is 4.73. The van der Waals surface area contributed by atoms with Gasteiger partial charge in [0.25, 0.3) is 0 Å². The Bertz CT molecular complexity index is 371. The van der Waals surface area contributed by atoms with Crippen molar-refractivity contribution in [2.75, 3.05) is 5.88 Å². The maximum absolute atomic E-state index is 6.35. The zero-order valence-corrected chi connectivity index (χ0v) is 11.2. The summed E-state index contributed by atoms with van der Waals surface area (Å²) in [5.41, 5.74) is 4.24. The summed E-state index contributed by atoms with van der Waals surface area (Å²) in [7, 11) is 0. The van der Waals surface area contributed by atoms with Crippen molar-refractivity contribution in [3.05, 3.63) is 33.8 Å². The van der Waals surface area contributed by atoms with Gasteiger partial charge in [0.1, 0.15) is 0 Å². The average molecular weight is 257 g/mol. The summed E-state index contributed by atoms with van der Waals surface area (Å²) in [6, 6.07) is 4.49. The lowest BCUT2D eigenvalue weighted by Gasteiger charge is -2.20. The van der Waals surface area contributed by atoms with E-state index in [1.54, 1.807) is 0 Å². The van der Waals surface area contributed by atoms with Gasteiger partial charge in [0.2, 0.25) is 0 Å². The van der Waals surface area contributed by atoms with Crippen molar-refractivity contribution in [2.45, 2.75) is 44.9 Å². The van der Waals surface area contributed by atoms with E-state index in [9.17, 15) is 0 Å². The van der Waals surface area contributed by atoms with Crippen molar-refractivity contribution in [1.82, 2.24) is 0 Å². The lowest BCUT2D eigenvalue weighted by Crippen LogP contribution is -2.05. The largest absolute Gasteiger partial charge is 0.127 e. The number of halogens is 2. The number of hydrogen-bond acceptors (Lipinski definition) is 0. The first-order valence-corrected chi connectivity index (χ1v) is 7.00. The molecule has 0 heterocycles. The van der Waals surface area contributed by atoms with Crippen LogP contribution < -0.4 is 0 Å². The predicted molar refractivity (Wildman–Crippen MR) is 71.8 cm³/mol. The minimum atomic E-state index is 0.470. The number of alkyl halides is 1. The van der Waals surface area contributed by atoms with Crippen LogP contribution in [0.3, 0.4) is 0 Å². The van der Waals surface area contributed by atoms with Gasteiger partial charge in [0.15, 0.2) is 0 Å². The number of fused-ring (bicyclic) bond motifs is 1. The molecule has 2 heteroatoms. The van der Waals surface area contributed by atoms with Crippen LogP contribution in [0.1, 0.15) is 48.8 Å². The van der Waals surface area contributed by atoms with Crippen molar-refractivity contribution in [3.8, 4) is 0 Å². The van der Waals surface area contributed by atoms with Crippen molar-refractivity contribution in [3.63, 3.8) is 0 Å². The highest BCUT2D eigenvalue weighted by molar-refractivity contribution is 6.31. The first-order chi connectivity index (χ1) is 7.72. The SMILES string of the molecule is CC(CCCl)c1cc2c(cc1Cl)CCCC2. The van der Waals surface area contributed by atoms with Gasteiger partial charge in [-0.25, -0.2) is 0 Å². The molecular formula is C14H18Cl2. The Morgan fingerprint density at radius 1 is 1.19 bits per heavy atom. The summed E-state index contributed by atoms with van der Waals surface area (Å²) in [5.74, 6) is 1.17. The first kappa shape index (κ1) is 12.3. The van der Waals surface area contributed by atoms with E-state index in [-0.39, 0.29) is 0 Å². The molecule has 0 aliphatic heterocycles. The monoisotopic (exact) mass is 256 g/mol. The van der Waals surface area contributed by atoms with Gasteiger partial charge in [-0.15, -0.1) is 11.6 Å². The zero-order chi connectivity index (χ0) is 11.5. The lowest BCUT2D eigenvalue weighted by molar-refractivity contribution is 0.677. The molecule has 0 spiro atoms. The van der Waals surface area contributed by atoms with Crippen molar-refractivity contribution >= 4 is 23.2 Å². The summed E-state index contributed by atoms with van der Waals surface area (Å²) < 4.78 is 0. The van der Waals surface area contributed by atoms with E-state index < -0.39 is 0 Å². The molecule has 0 radical (unpaired) electrons. The third-order valence-corrected chi connectivity index (χ3v) is 4.08. The van der Waals surface area contributed by atoms with Crippen LogP contribution in [0.25, 0.3) is 0 Å². The number of aryl methyl sites for hydroxylation is 2. The van der Waals surface area contributed by atoms with Gasteiger partial charge in [0, 0.05) is 10.9 Å². The van der Waals surface area contributed by atoms with Crippen LogP contribution in [-0.4, -0.2) is 5.88 Å². The van der Waals surface area contributed by atoms with E-state index in [0.717, 1.165) is 11.4 Å². The Kier molecular flexibility index (Phi) is 4.16. The van der Waals surface area contributed by atoms with Crippen LogP contribution in [-0.2, 0) is 12.8 Å².